The monoisotopic (exact) mass is 310 g/mol. The maximum Gasteiger partial charge on any atom is 0.328 e. The molecule has 1 saturated carbocycles. The van der Waals surface area contributed by atoms with E-state index in [2.05, 4.69) is 0 Å². The van der Waals surface area contributed by atoms with Crippen LogP contribution >= 0.6 is 0 Å². The van der Waals surface area contributed by atoms with Crippen LogP contribution in [0, 0.1) is 5.92 Å². The second kappa shape index (κ2) is 6.24. The molecule has 122 valence electrons. The van der Waals surface area contributed by atoms with Crippen molar-refractivity contribution in [3.63, 3.8) is 0 Å². The van der Waals surface area contributed by atoms with Gasteiger partial charge in [0.05, 0.1) is 19.1 Å². The molecule has 0 aromatic carbocycles. The Morgan fingerprint density at radius 1 is 1.23 bits per heavy atom. The van der Waals surface area contributed by atoms with Gasteiger partial charge in [-0.15, -0.1) is 0 Å². The lowest BCUT2D eigenvalue weighted by atomic mass is 10.1. The summed E-state index contributed by atoms with van der Waals surface area (Å²) in [4.78, 5) is 39.3. The van der Waals surface area contributed by atoms with E-state index in [0.717, 1.165) is 25.7 Å². The van der Waals surface area contributed by atoms with E-state index >= 15 is 0 Å². The van der Waals surface area contributed by atoms with Gasteiger partial charge in [-0.2, -0.15) is 0 Å². The van der Waals surface area contributed by atoms with Gasteiger partial charge in [-0.1, -0.05) is 12.8 Å². The van der Waals surface area contributed by atoms with E-state index < -0.39 is 17.9 Å². The molecule has 0 aromatic heterocycles. The molecule has 7 heteroatoms. The second-order valence-corrected chi connectivity index (χ2v) is 6.35. The number of likely N-dealkylation sites (tertiary alicyclic amines) is 1. The highest BCUT2D eigenvalue weighted by Crippen LogP contribution is 2.30. The molecule has 1 aliphatic carbocycles. The predicted molar refractivity (Wildman–Crippen MR) is 76.0 cm³/mol. The van der Waals surface area contributed by atoms with Gasteiger partial charge >= 0.3 is 5.97 Å². The molecule has 1 N–H and O–H groups in total. The Morgan fingerprint density at radius 3 is 2.64 bits per heavy atom. The van der Waals surface area contributed by atoms with Crippen molar-refractivity contribution >= 4 is 17.8 Å². The molecule has 0 bridgehead atoms. The van der Waals surface area contributed by atoms with Crippen molar-refractivity contribution in [3.8, 4) is 0 Å². The largest absolute Gasteiger partial charge is 0.480 e. The van der Waals surface area contributed by atoms with E-state index in [9.17, 15) is 19.5 Å². The van der Waals surface area contributed by atoms with Gasteiger partial charge in [0.25, 0.3) is 0 Å². The van der Waals surface area contributed by atoms with E-state index in [1.807, 2.05) is 4.90 Å². The van der Waals surface area contributed by atoms with Gasteiger partial charge in [0, 0.05) is 25.6 Å². The maximum atomic E-state index is 12.6. The zero-order valence-corrected chi connectivity index (χ0v) is 12.6. The number of carboxylic acids is 1. The third-order valence-corrected chi connectivity index (χ3v) is 4.97. The molecular weight excluding hydrogens is 288 g/mol. The first-order chi connectivity index (χ1) is 10.6. The molecule has 2 heterocycles. The summed E-state index contributed by atoms with van der Waals surface area (Å²) in [6, 6.07) is -0.665. The van der Waals surface area contributed by atoms with Gasteiger partial charge in [-0.3, -0.25) is 9.59 Å². The Labute approximate surface area is 129 Å². The lowest BCUT2D eigenvalue weighted by molar-refractivity contribution is -0.160. The molecule has 2 saturated heterocycles. The standard InChI is InChI=1S/C15H22N2O5/c18-13-7-10(8-17(13)11-3-1-2-4-11)14(19)16-5-6-22-9-12(16)15(20)21/h10-12H,1-9H2,(H,20,21). The first-order valence-corrected chi connectivity index (χ1v) is 7.98. The fourth-order valence-electron chi connectivity index (χ4n) is 3.77. The van der Waals surface area contributed by atoms with Gasteiger partial charge in [0.1, 0.15) is 0 Å². The van der Waals surface area contributed by atoms with Crippen LogP contribution in [0.15, 0.2) is 0 Å². The zero-order valence-electron chi connectivity index (χ0n) is 12.6. The second-order valence-electron chi connectivity index (χ2n) is 6.35. The SMILES string of the molecule is O=C(O)C1COCCN1C(=O)C1CC(=O)N(C2CCCC2)C1. The molecule has 3 fully saturated rings. The maximum absolute atomic E-state index is 12.6. The Balaban J connectivity index is 1.67. The third kappa shape index (κ3) is 2.82. The zero-order chi connectivity index (χ0) is 15.7. The molecule has 2 aliphatic heterocycles. The van der Waals surface area contributed by atoms with Gasteiger partial charge < -0.3 is 19.6 Å². The summed E-state index contributed by atoms with van der Waals surface area (Å²) in [5.74, 6) is -1.65. The van der Waals surface area contributed by atoms with Crippen LogP contribution in [0.4, 0.5) is 0 Å². The minimum absolute atomic E-state index is 0.0219. The molecule has 2 unspecified atom stereocenters. The summed E-state index contributed by atoms with van der Waals surface area (Å²) in [6.45, 7) is 1.09. The molecule has 0 aromatic rings. The number of ether oxygens (including phenoxy) is 1. The van der Waals surface area contributed by atoms with Crippen LogP contribution in [-0.4, -0.2) is 71.1 Å². The minimum atomic E-state index is -1.05. The molecule has 0 radical (unpaired) electrons. The number of rotatable bonds is 3. The summed E-state index contributed by atoms with van der Waals surface area (Å²) >= 11 is 0. The summed E-state index contributed by atoms with van der Waals surface area (Å²) in [5, 5.41) is 9.23. The van der Waals surface area contributed by atoms with Crippen molar-refractivity contribution in [2.75, 3.05) is 26.3 Å². The fourth-order valence-corrected chi connectivity index (χ4v) is 3.77. The summed E-state index contributed by atoms with van der Waals surface area (Å²) in [5.41, 5.74) is 0. The van der Waals surface area contributed by atoms with E-state index in [0.29, 0.717) is 13.2 Å². The topological polar surface area (TPSA) is 87.1 Å². The van der Waals surface area contributed by atoms with Crippen LogP contribution in [0.5, 0.6) is 0 Å². The van der Waals surface area contributed by atoms with Crippen LogP contribution in [0.3, 0.4) is 0 Å². The number of morpholine rings is 1. The quantitative estimate of drug-likeness (QED) is 0.798. The van der Waals surface area contributed by atoms with Gasteiger partial charge in [-0.05, 0) is 12.8 Å². The first-order valence-electron chi connectivity index (χ1n) is 7.98. The van der Waals surface area contributed by atoms with E-state index in [1.165, 1.54) is 4.90 Å². The predicted octanol–water partition coefficient (Wildman–Crippen LogP) is 0.0895. The van der Waals surface area contributed by atoms with Crippen molar-refractivity contribution in [3.05, 3.63) is 0 Å². The molecule has 3 aliphatic rings. The fraction of sp³-hybridized carbons (Fsp3) is 0.800. The average Bonchev–Trinajstić information content (AvgIpc) is 3.15. The van der Waals surface area contributed by atoms with E-state index in [4.69, 9.17) is 4.74 Å². The van der Waals surface area contributed by atoms with Crippen molar-refractivity contribution in [2.45, 2.75) is 44.2 Å². The van der Waals surface area contributed by atoms with Crippen LogP contribution in [0.25, 0.3) is 0 Å². The Morgan fingerprint density at radius 2 is 1.95 bits per heavy atom. The average molecular weight is 310 g/mol. The highest BCUT2D eigenvalue weighted by atomic mass is 16.5. The van der Waals surface area contributed by atoms with Crippen molar-refractivity contribution in [2.24, 2.45) is 5.92 Å². The lowest BCUT2D eigenvalue weighted by Crippen LogP contribution is -2.54. The summed E-state index contributed by atoms with van der Waals surface area (Å²) in [7, 11) is 0. The third-order valence-electron chi connectivity index (χ3n) is 4.97. The number of hydrogen-bond donors (Lipinski definition) is 1. The van der Waals surface area contributed by atoms with Gasteiger partial charge in [0.2, 0.25) is 11.8 Å². The molecule has 22 heavy (non-hydrogen) atoms. The number of hydrogen-bond acceptors (Lipinski definition) is 4. The number of nitrogens with zero attached hydrogens (tertiary/aromatic N) is 2. The van der Waals surface area contributed by atoms with Crippen molar-refractivity contribution < 1.29 is 24.2 Å². The number of carbonyl (C=O) groups excluding carboxylic acids is 2. The lowest BCUT2D eigenvalue weighted by Gasteiger charge is -2.34. The smallest absolute Gasteiger partial charge is 0.328 e. The van der Waals surface area contributed by atoms with Crippen LogP contribution < -0.4 is 0 Å². The summed E-state index contributed by atoms with van der Waals surface area (Å²) in [6.07, 6.45) is 4.51. The normalized spacial score (nSPS) is 30.1. The Kier molecular flexibility index (Phi) is 4.33. The Bertz CT molecular complexity index is 475. The molecule has 2 atom stereocenters. The van der Waals surface area contributed by atoms with Crippen molar-refractivity contribution in [1.29, 1.82) is 0 Å². The minimum Gasteiger partial charge on any atom is -0.480 e. The number of amides is 2. The van der Waals surface area contributed by atoms with E-state index in [1.54, 1.807) is 0 Å². The summed E-state index contributed by atoms with van der Waals surface area (Å²) < 4.78 is 5.16. The molecule has 0 spiro atoms. The molecule has 7 nitrogen and oxygen atoms in total. The van der Waals surface area contributed by atoms with Crippen LogP contribution in [-0.2, 0) is 19.1 Å². The van der Waals surface area contributed by atoms with E-state index in [-0.39, 0.29) is 37.4 Å². The van der Waals surface area contributed by atoms with Crippen LogP contribution in [0.1, 0.15) is 32.1 Å². The van der Waals surface area contributed by atoms with Crippen molar-refractivity contribution in [1.82, 2.24) is 9.80 Å². The van der Waals surface area contributed by atoms with Crippen LogP contribution in [0.2, 0.25) is 0 Å². The molecular formula is C15H22N2O5. The highest BCUT2D eigenvalue weighted by Gasteiger charge is 2.43. The number of carbonyl (C=O) groups is 3. The Hall–Kier alpha value is -1.63. The van der Waals surface area contributed by atoms with Gasteiger partial charge in [-0.25, -0.2) is 4.79 Å². The van der Waals surface area contributed by atoms with Gasteiger partial charge in [0.15, 0.2) is 6.04 Å². The molecule has 3 rings (SSSR count). The highest BCUT2D eigenvalue weighted by molar-refractivity contribution is 5.91. The number of aliphatic carboxylic acids is 1. The molecule has 2 amide bonds. The number of carboxylic acid groups (broad SMARTS) is 1. The first kappa shape index (κ1) is 15.3.